The Morgan fingerprint density at radius 2 is 2.05 bits per heavy atom. The molecule has 0 radical (unpaired) electrons. The molecular weight excluding hydrogens is 251 g/mol. The third-order valence-electron chi connectivity index (χ3n) is 2.84. The number of amides is 2. The van der Waals surface area contributed by atoms with Crippen LogP contribution in [0.25, 0.3) is 0 Å². The van der Waals surface area contributed by atoms with E-state index >= 15 is 0 Å². The molecule has 0 aliphatic heterocycles. The molecule has 0 heterocycles. The molecule has 19 heavy (non-hydrogen) atoms. The fourth-order valence-corrected chi connectivity index (χ4v) is 1.43. The number of carboxylic acids is 1. The molecule has 0 aliphatic carbocycles. The van der Waals surface area contributed by atoms with Crippen LogP contribution in [0.15, 0.2) is 24.3 Å². The Morgan fingerprint density at radius 1 is 1.37 bits per heavy atom. The van der Waals surface area contributed by atoms with Crippen molar-refractivity contribution in [2.45, 2.75) is 26.4 Å². The first-order chi connectivity index (χ1) is 8.90. The van der Waals surface area contributed by atoms with Crippen molar-refractivity contribution in [1.29, 1.82) is 0 Å². The van der Waals surface area contributed by atoms with Crippen molar-refractivity contribution in [1.82, 2.24) is 10.6 Å². The first-order valence-corrected chi connectivity index (χ1v) is 5.91. The number of hydrogen-bond acceptors (Lipinski definition) is 2. The molecule has 0 aliphatic rings. The standard InChI is InChI=1S/C13H17FN2O3/c1-8(12(17)18)9(2)16-13(19)15-7-10-4-3-5-11(14)6-10/h3-6,8-9H,7H2,1-2H3,(H,17,18)(H2,15,16,19). The second-order valence-corrected chi connectivity index (χ2v) is 4.37. The summed E-state index contributed by atoms with van der Waals surface area (Å²) in [5.41, 5.74) is 0.633. The van der Waals surface area contributed by atoms with Gasteiger partial charge in [0.2, 0.25) is 0 Å². The first kappa shape index (κ1) is 14.9. The Hall–Kier alpha value is -2.11. The van der Waals surface area contributed by atoms with Gasteiger partial charge in [-0.15, -0.1) is 0 Å². The Bertz CT molecular complexity index is 465. The highest BCUT2D eigenvalue weighted by Crippen LogP contribution is 2.04. The lowest BCUT2D eigenvalue weighted by Crippen LogP contribution is -2.45. The van der Waals surface area contributed by atoms with Gasteiger partial charge in [0, 0.05) is 12.6 Å². The Kier molecular flexibility index (Phi) is 5.29. The zero-order valence-corrected chi connectivity index (χ0v) is 10.8. The summed E-state index contributed by atoms with van der Waals surface area (Å²) in [6, 6.07) is 4.91. The van der Waals surface area contributed by atoms with E-state index in [9.17, 15) is 14.0 Å². The maximum absolute atomic E-state index is 12.9. The van der Waals surface area contributed by atoms with Gasteiger partial charge in [-0.05, 0) is 31.5 Å². The van der Waals surface area contributed by atoms with Crippen LogP contribution >= 0.6 is 0 Å². The molecule has 0 bridgehead atoms. The van der Waals surface area contributed by atoms with Gasteiger partial charge in [-0.25, -0.2) is 9.18 Å². The molecular formula is C13H17FN2O3. The number of urea groups is 1. The monoisotopic (exact) mass is 268 g/mol. The van der Waals surface area contributed by atoms with Crippen molar-refractivity contribution in [2.75, 3.05) is 0 Å². The van der Waals surface area contributed by atoms with Crippen molar-refractivity contribution in [3.63, 3.8) is 0 Å². The quantitative estimate of drug-likeness (QED) is 0.761. The van der Waals surface area contributed by atoms with E-state index in [1.54, 1.807) is 19.1 Å². The predicted molar refractivity (Wildman–Crippen MR) is 68.0 cm³/mol. The van der Waals surface area contributed by atoms with Crippen molar-refractivity contribution in [3.05, 3.63) is 35.6 Å². The number of carbonyl (C=O) groups is 2. The van der Waals surface area contributed by atoms with Gasteiger partial charge in [-0.3, -0.25) is 4.79 Å². The average Bonchev–Trinajstić information content (AvgIpc) is 2.35. The maximum Gasteiger partial charge on any atom is 0.315 e. The van der Waals surface area contributed by atoms with Crippen LogP contribution in [0.5, 0.6) is 0 Å². The van der Waals surface area contributed by atoms with Gasteiger partial charge < -0.3 is 15.7 Å². The highest BCUT2D eigenvalue weighted by Gasteiger charge is 2.20. The summed E-state index contributed by atoms with van der Waals surface area (Å²) in [4.78, 5) is 22.3. The highest BCUT2D eigenvalue weighted by atomic mass is 19.1. The fraction of sp³-hybridized carbons (Fsp3) is 0.385. The average molecular weight is 268 g/mol. The van der Waals surface area contributed by atoms with Gasteiger partial charge in [0.1, 0.15) is 5.82 Å². The lowest BCUT2D eigenvalue weighted by molar-refractivity contribution is -0.141. The number of halogens is 1. The van der Waals surface area contributed by atoms with Crippen LogP contribution in [-0.4, -0.2) is 23.1 Å². The summed E-state index contributed by atoms with van der Waals surface area (Å²) in [7, 11) is 0. The molecule has 0 fully saturated rings. The summed E-state index contributed by atoms with van der Waals surface area (Å²) >= 11 is 0. The molecule has 2 amide bonds. The van der Waals surface area contributed by atoms with Gasteiger partial charge in [-0.2, -0.15) is 0 Å². The zero-order valence-electron chi connectivity index (χ0n) is 10.8. The molecule has 3 N–H and O–H groups in total. The summed E-state index contributed by atoms with van der Waals surface area (Å²) in [5.74, 6) is -2.02. The van der Waals surface area contributed by atoms with Crippen LogP contribution in [-0.2, 0) is 11.3 Å². The Labute approximate surface area is 110 Å². The molecule has 0 saturated heterocycles. The molecule has 2 atom stereocenters. The molecule has 0 saturated carbocycles. The molecule has 1 aromatic carbocycles. The first-order valence-electron chi connectivity index (χ1n) is 5.91. The van der Waals surface area contributed by atoms with E-state index in [2.05, 4.69) is 10.6 Å². The van der Waals surface area contributed by atoms with Crippen LogP contribution in [0, 0.1) is 11.7 Å². The maximum atomic E-state index is 12.9. The van der Waals surface area contributed by atoms with E-state index < -0.39 is 24.0 Å². The highest BCUT2D eigenvalue weighted by molar-refractivity contribution is 5.76. The van der Waals surface area contributed by atoms with Crippen molar-refractivity contribution in [3.8, 4) is 0 Å². The predicted octanol–water partition coefficient (Wildman–Crippen LogP) is 1.73. The molecule has 0 aromatic heterocycles. The summed E-state index contributed by atoms with van der Waals surface area (Å²) in [6.07, 6.45) is 0. The van der Waals surface area contributed by atoms with Gasteiger partial charge in [0.05, 0.1) is 5.92 Å². The fourth-order valence-electron chi connectivity index (χ4n) is 1.43. The van der Waals surface area contributed by atoms with E-state index in [0.717, 1.165) is 0 Å². The lowest BCUT2D eigenvalue weighted by Gasteiger charge is -2.18. The minimum absolute atomic E-state index is 0.178. The number of hydrogen-bond donors (Lipinski definition) is 3. The molecule has 104 valence electrons. The van der Waals surface area contributed by atoms with Crippen LogP contribution in [0.3, 0.4) is 0 Å². The summed E-state index contributed by atoms with van der Waals surface area (Å²) < 4.78 is 12.9. The minimum Gasteiger partial charge on any atom is -0.481 e. The topological polar surface area (TPSA) is 78.4 Å². The van der Waals surface area contributed by atoms with Gasteiger partial charge in [0.15, 0.2) is 0 Å². The van der Waals surface area contributed by atoms with Gasteiger partial charge >= 0.3 is 12.0 Å². The third-order valence-corrected chi connectivity index (χ3v) is 2.84. The largest absolute Gasteiger partial charge is 0.481 e. The van der Waals surface area contributed by atoms with E-state index in [4.69, 9.17) is 5.11 Å². The summed E-state index contributed by atoms with van der Waals surface area (Å²) in [5, 5.41) is 13.9. The molecule has 6 heteroatoms. The minimum atomic E-state index is -0.974. The second-order valence-electron chi connectivity index (χ2n) is 4.37. The molecule has 0 spiro atoms. The smallest absolute Gasteiger partial charge is 0.315 e. The number of aliphatic carboxylic acids is 1. The van der Waals surface area contributed by atoms with E-state index in [1.807, 2.05) is 0 Å². The summed E-state index contributed by atoms with van der Waals surface area (Å²) in [6.45, 7) is 3.30. The number of rotatable bonds is 5. The van der Waals surface area contributed by atoms with Crippen LogP contribution in [0.4, 0.5) is 9.18 Å². The van der Waals surface area contributed by atoms with Crippen molar-refractivity contribution in [2.24, 2.45) is 5.92 Å². The third kappa shape index (κ3) is 4.95. The van der Waals surface area contributed by atoms with Gasteiger partial charge in [0.25, 0.3) is 0 Å². The number of carboxylic acid groups (broad SMARTS) is 1. The van der Waals surface area contributed by atoms with Crippen molar-refractivity contribution >= 4 is 12.0 Å². The molecule has 1 rings (SSSR count). The second kappa shape index (κ2) is 6.72. The van der Waals surface area contributed by atoms with Crippen molar-refractivity contribution < 1.29 is 19.1 Å². The zero-order chi connectivity index (χ0) is 14.4. The van der Waals surface area contributed by atoms with Crippen LogP contribution < -0.4 is 10.6 Å². The SMILES string of the molecule is CC(NC(=O)NCc1cccc(F)c1)C(C)C(=O)O. The number of nitrogens with one attached hydrogen (secondary N) is 2. The normalized spacial score (nSPS) is 13.4. The molecule has 1 aromatic rings. The van der Waals surface area contributed by atoms with E-state index in [1.165, 1.54) is 19.1 Å². The van der Waals surface area contributed by atoms with Crippen LogP contribution in [0.2, 0.25) is 0 Å². The Morgan fingerprint density at radius 3 is 2.63 bits per heavy atom. The number of carbonyl (C=O) groups excluding carboxylic acids is 1. The lowest BCUT2D eigenvalue weighted by atomic mass is 10.0. The van der Waals surface area contributed by atoms with E-state index in [-0.39, 0.29) is 12.4 Å². The van der Waals surface area contributed by atoms with Gasteiger partial charge in [-0.1, -0.05) is 12.1 Å². The molecule has 5 nitrogen and oxygen atoms in total. The molecule has 2 unspecified atom stereocenters. The number of benzene rings is 1. The Balaban J connectivity index is 2.42. The van der Waals surface area contributed by atoms with Crippen LogP contribution in [0.1, 0.15) is 19.4 Å². The van der Waals surface area contributed by atoms with E-state index in [0.29, 0.717) is 5.56 Å².